The lowest BCUT2D eigenvalue weighted by Gasteiger charge is -2.37. The van der Waals surface area contributed by atoms with E-state index in [1.807, 2.05) is 0 Å². The molecule has 1 heterocycles. The lowest BCUT2D eigenvalue weighted by molar-refractivity contribution is -0.172. The first-order chi connectivity index (χ1) is 4.71. The Morgan fingerprint density at radius 1 is 1.73 bits per heavy atom. The van der Waals surface area contributed by atoms with Gasteiger partial charge in [-0.2, -0.15) is 0 Å². The van der Waals surface area contributed by atoms with Crippen molar-refractivity contribution in [3.05, 3.63) is 0 Å². The molecule has 0 saturated carbocycles. The SMILES string of the molecule is CCOC1(C(=O)O)CNC1.Cl. The predicted molar refractivity (Wildman–Crippen MR) is 42.1 cm³/mol. The normalized spacial score (nSPS) is 19.7. The van der Waals surface area contributed by atoms with Crippen LogP contribution < -0.4 is 5.32 Å². The fourth-order valence-corrected chi connectivity index (χ4v) is 0.943. The van der Waals surface area contributed by atoms with Crippen LogP contribution in [0.25, 0.3) is 0 Å². The second-order valence-electron chi connectivity index (χ2n) is 2.34. The molecule has 0 radical (unpaired) electrons. The number of ether oxygens (including phenoxy) is 1. The van der Waals surface area contributed by atoms with Gasteiger partial charge in [-0.05, 0) is 6.92 Å². The zero-order valence-electron chi connectivity index (χ0n) is 6.29. The number of hydrogen-bond donors (Lipinski definition) is 2. The molecule has 0 aromatic carbocycles. The summed E-state index contributed by atoms with van der Waals surface area (Å²) in [4.78, 5) is 10.5. The van der Waals surface area contributed by atoms with Crippen molar-refractivity contribution in [1.82, 2.24) is 5.32 Å². The molecule has 1 aliphatic heterocycles. The van der Waals surface area contributed by atoms with E-state index < -0.39 is 11.6 Å². The summed E-state index contributed by atoms with van der Waals surface area (Å²) in [5.41, 5.74) is -0.922. The summed E-state index contributed by atoms with van der Waals surface area (Å²) in [6.07, 6.45) is 0. The first kappa shape index (κ1) is 10.7. The van der Waals surface area contributed by atoms with Crippen molar-refractivity contribution in [2.24, 2.45) is 0 Å². The Morgan fingerprint density at radius 3 is 2.36 bits per heavy atom. The monoisotopic (exact) mass is 181 g/mol. The lowest BCUT2D eigenvalue weighted by atomic mass is 9.97. The summed E-state index contributed by atoms with van der Waals surface area (Å²) in [6, 6.07) is 0. The van der Waals surface area contributed by atoms with E-state index in [0.717, 1.165) is 0 Å². The van der Waals surface area contributed by atoms with E-state index in [1.165, 1.54) is 0 Å². The quantitative estimate of drug-likeness (QED) is 0.637. The smallest absolute Gasteiger partial charge is 0.338 e. The van der Waals surface area contributed by atoms with Gasteiger partial charge in [-0.15, -0.1) is 12.4 Å². The second kappa shape index (κ2) is 3.90. The second-order valence-corrected chi connectivity index (χ2v) is 2.34. The molecule has 0 atom stereocenters. The first-order valence-electron chi connectivity index (χ1n) is 3.29. The number of carboxylic acids is 1. The lowest BCUT2D eigenvalue weighted by Crippen LogP contribution is -2.65. The van der Waals surface area contributed by atoms with Crippen LogP contribution >= 0.6 is 12.4 Å². The van der Waals surface area contributed by atoms with Crippen molar-refractivity contribution in [2.45, 2.75) is 12.5 Å². The zero-order valence-corrected chi connectivity index (χ0v) is 7.11. The molecule has 1 aliphatic rings. The van der Waals surface area contributed by atoms with Gasteiger partial charge in [-0.25, -0.2) is 4.79 Å². The number of aliphatic carboxylic acids is 1. The van der Waals surface area contributed by atoms with Crippen LogP contribution in [-0.4, -0.2) is 36.4 Å². The van der Waals surface area contributed by atoms with Gasteiger partial charge in [0, 0.05) is 19.7 Å². The minimum Gasteiger partial charge on any atom is -0.479 e. The maximum atomic E-state index is 10.5. The third kappa shape index (κ3) is 1.83. The molecular formula is C6H12ClNO3. The maximum absolute atomic E-state index is 10.5. The topological polar surface area (TPSA) is 58.6 Å². The van der Waals surface area contributed by atoms with Crippen molar-refractivity contribution in [1.29, 1.82) is 0 Å². The Hall–Kier alpha value is -0.320. The fraction of sp³-hybridized carbons (Fsp3) is 0.833. The Bertz CT molecular complexity index is 147. The molecule has 0 aliphatic carbocycles. The van der Waals surface area contributed by atoms with Gasteiger partial charge in [0.1, 0.15) is 0 Å². The Labute approximate surface area is 71.3 Å². The molecule has 0 aromatic heterocycles. The van der Waals surface area contributed by atoms with Crippen molar-refractivity contribution in [2.75, 3.05) is 19.7 Å². The van der Waals surface area contributed by atoms with Crippen molar-refractivity contribution in [3.63, 3.8) is 0 Å². The van der Waals surface area contributed by atoms with Crippen LogP contribution in [0.5, 0.6) is 0 Å². The summed E-state index contributed by atoms with van der Waals surface area (Å²) in [5, 5.41) is 11.5. The molecular weight excluding hydrogens is 170 g/mol. The molecule has 0 bridgehead atoms. The van der Waals surface area contributed by atoms with Crippen molar-refractivity contribution in [3.8, 4) is 0 Å². The highest BCUT2D eigenvalue weighted by Crippen LogP contribution is 2.16. The minimum absolute atomic E-state index is 0. The fourth-order valence-electron chi connectivity index (χ4n) is 0.943. The molecule has 2 N–H and O–H groups in total. The highest BCUT2D eigenvalue weighted by atomic mass is 35.5. The van der Waals surface area contributed by atoms with Gasteiger partial charge < -0.3 is 15.2 Å². The highest BCUT2D eigenvalue weighted by molar-refractivity contribution is 5.85. The van der Waals surface area contributed by atoms with Crippen LogP contribution in [0.1, 0.15) is 6.92 Å². The summed E-state index contributed by atoms with van der Waals surface area (Å²) >= 11 is 0. The highest BCUT2D eigenvalue weighted by Gasteiger charge is 2.45. The third-order valence-corrected chi connectivity index (χ3v) is 1.63. The third-order valence-electron chi connectivity index (χ3n) is 1.63. The van der Waals surface area contributed by atoms with Crippen LogP contribution in [0.4, 0.5) is 0 Å². The molecule has 11 heavy (non-hydrogen) atoms. The summed E-state index contributed by atoms with van der Waals surface area (Å²) in [7, 11) is 0. The van der Waals surface area contributed by atoms with Gasteiger partial charge in [0.25, 0.3) is 0 Å². The van der Waals surface area contributed by atoms with E-state index in [0.29, 0.717) is 19.7 Å². The Kier molecular flexibility index (Phi) is 3.78. The van der Waals surface area contributed by atoms with E-state index in [9.17, 15) is 4.79 Å². The van der Waals surface area contributed by atoms with E-state index in [1.54, 1.807) is 6.92 Å². The van der Waals surface area contributed by atoms with Gasteiger partial charge in [0.2, 0.25) is 0 Å². The van der Waals surface area contributed by atoms with Gasteiger partial charge in [-0.1, -0.05) is 0 Å². The molecule has 1 saturated heterocycles. The van der Waals surface area contributed by atoms with Crippen LogP contribution in [0.15, 0.2) is 0 Å². The molecule has 1 rings (SSSR count). The van der Waals surface area contributed by atoms with Crippen LogP contribution in [0, 0.1) is 0 Å². The number of nitrogens with one attached hydrogen (secondary N) is 1. The standard InChI is InChI=1S/C6H11NO3.ClH/c1-2-10-6(5(8)9)3-7-4-6;/h7H,2-4H2,1H3,(H,8,9);1H. The van der Waals surface area contributed by atoms with E-state index >= 15 is 0 Å². The zero-order chi connectivity index (χ0) is 7.61. The van der Waals surface area contributed by atoms with Gasteiger partial charge in [-0.3, -0.25) is 0 Å². The number of halogens is 1. The van der Waals surface area contributed by atoms with E-state index in [4.69, 9.17) is 9.84 Å². The molecule has 0 unspecified atom stereocenters. The van der Waals surface area contributed by atoms with Crippen LogP contribution in [0.2, 0.25) is 0 Å². The number of carbonyl (C=O) groups is 1. The summed E-state index contributed by atoms with van der Waals surface area (Å²) in [6.45, 7) is 3.10. The molecule has 0 amide bonds. The van der Waals surface area contributed by atoms with Gasteiger partial charge >= 0.3 is 5.97 Å². The predicted octanol–water partition coefficient (Wildman–Crippen LogP) is -0.129. The molecule has 1 fully saturated rings. The van der Waals surface area contributed by atoms with E-state index in [-0.39, 0.29) is 12.4 Å². The van der Waals surface area contributed by atoms with Gasteiger partial charge in [0.15, 0.2) is 5.60 Å². The first-order valence-corrected chi connectivity index (χ1v) is 3.29. The Morgan fingerprint density at radius 2 is 2.27 bits per heavy atom. The number of rotatable bonds is 3. The summed E-state index contributed by atoms with van der Waals surface area (Å²) < 4.78 is 5.06. The summed E-state index contributed by atoms with van der Waals surface area (Å²) in [5.74, 6) is -0.867. The van der Waals surface area contributed by atoms with Crippen molar-refractivity contribution >= 4 is 18.4 Å². The van der Waals surface area contributed by atoms with Crippen LogP contribution in [0.3, 0.4) is 0 Å². The average Bonchev–Trinajstić information content (AvgIpc) is 1.77. The maximum Gasteiger partial charge on any atom is 0.338 e. The largest absolute Gasteiger partial charge is 0.479 e. The molecule has 0 spiro atoms. The molecule has 66 valence electrons. The average molecular weight is 182 g/mol. The number of carboxylic acid groups (broad SMARTS) is 1. The molecule has 0 aromatic rings. The van der Waals surface area contributed by atoms with Crippen molar-refractivity contribution < 1.29 is 14.6 Å². The van der Waals surface area contributed by atoms with E-state index in [2.05, 4.69) is 5.32 Å². The van der Waals surface area contributed by atoms with Gasteiger partial charge in [0.05, 0.1) is 0 Å². The Balaban J connectivity index is 0.000001000. The minimum atomic E-state index is -0.922. The van der Waals surface area contributed by atoms with Crippen LogP contribution in [-0.2, 0) is 9.53 Å². The molecule has 4 nitrogen and oxygen atoms in total. The molecule has 5 heteroatoms. The number of hydrogen-bond acceptors (Lipinski definition) is 3.